The van der Waals surface area contributed by atoms with Gasteiger partial charge in [-0.3, -0.25) is 10.1 Å². The third kappa shape index (κ3) is 4.13. The summed E-state index contributed by atoms with van der Waals surface area (Å²) in [7, 11) is 0. The van der Waals surface area contributed by atoms with Crippen LogP contribution >= 0.6 is 0 Å². The minimum Gasteiger partial charge on any atom is -0.312 e. The van der Waals surface area contributed by atoms with Crippen molar-refractivity contribution in [2.24, 2.45) is 0 Å². The fourth-order valence-corrected chi connectivity index (χ4v) is 2.36. The third-order valence-corrected chi connectivity index (χ3v) is 3.68. The van der Waals surface area contributed by atoms with Crippen molar-refractivity contribution in [1.82, 2.24) is 5.32 Å². The van der Waals surface area contributed by atoms with Gasteiger partial charge in [-0.05, 0) is 49.1 Å². The fourth-order valence-electron chi connectivity index (χ4n) is 2.36. The summed E-state index contributed by atoms with van der Waals surface area (Å²) < 4.78 is 0. The molecule has 1 N–H and O–H groups in total. The molecule has 0 unspecified atom stereocenters. The molecule has 0 aliphatic carbocycles. The van der Waals surface area contributed by atoms with E-state index in [9.17, 15) is 10.1 Å². The predicted octanol–water partition coefficient (Wildman–Crippen LogP) is 3.54. The Morgan fingerprint density at radius 3 is 2.24 bits per heavy atom. The van der Waals surface area contributed by atoms with E-state index >= 15 is 0 Å². The lowest BCUT2D eigenvalue weighted by Crippen LogP contribution is -2.18. The van der Waals surface area contributed by atoms with Crippen LogP contribution in [0, 0.1) is 24.0 Å². The normalized spacial score (nSPS) is 10.6. The highest BCUT2D eigenvalue weighted by molar-refractivity contribution is 5.34. The monoisotopic (exact) mass is 284 g/mol. The summed E-state index contributed by atoms with van der Waals surface area (Å²) in [6.07, 6.45) is 0.864. The highest BCUT2D eigenvalue weighted by atomic mass is 16.6. The topological polar surface area (TPSA) is 55.2 Å². The number of non-ortho nitro benzene ring substituents is 1. The van der Waals surface area contributed by atoms with E-state index in [2.05, 4.69) is 37.4 Å². The summed E-state index contributed by atoms with van der Waals surface area (Å²) in [4.78, 5) is 10.2. The number of aryl methyl sites for hydroxylation is 2. The molecule has 2 rings (SSSR count). The SMILES string of the molecule is Cc1cccc(C)c1CNCCc1ccc([N+](=O)[O-])cc1. The predicted molar refractivity (Wildman–Crippen MR) is 84.4 cm³/mol. The zero-order valence-corrected chi connectivity index (χ0v) is 12.4. The van der Waals surface area contributed by atoms with Gasteiger partial charge in [0.25, 0.3) is 5.69 Å². The van der Waals surface area contributed by atoms with Crippen molar-refractivity contribution >= 4 is 5.69 Å². The van der Waals surface area contributed by atoms with Crippen LogP contribution in [0.3, 0.4) is 0 Å². The Morgan fingerprint density at radius 2 is 1.67 bits per heavy atom. The van der Waals surface area contributed by atoms with Gasteiger partial charge in [0.05, 0.1) is 4.92 Å². The molecule has 2 aromatic carbocycles. The minimum atomic E-state index is -0.372. The molecule has 0 heterocycles. The molecular formula is C17H20N2O2. The molecule has 4 heteroatoms. The van der Waals surface area contributed by atoms with Gasteiger partial charge >= 0.3 is 0 Å². The Morgan fingerprint density at radius 1 is 1.05 bits per heavy atom. The number of nitro groups is 1. The second-order valence-electron chi connectivity index (χ2n) is 5.22. The number of hydrogen-bond acceptors (Lipinski definition) is 3. The molecule has 0 radical (unpaired) electrons. The maximum absolute atomic E-state index is 10.6. The van der Waals surface area contributed by atoms with Crippen LogP contribution < -0.4 is 5.32 Å². The average Bonchev–Trinajstić information content (AvgIpc) is 2.46. The molecule has 0 amide bonds. The second kappa shape index (κ2) is 6.99. The van der Waals surface area contributed by atoms with Crippen molar-refractivity contribution in [3.63, 3.8) is 0 Å². The van der Waals surface area contributed by atoms with Crippen LogP contribution in [0.4, 0.5) is 5.69 Å². The van der Waals surface area contributed by atoms with Crippen LogP contribution in [-0.2, 0) is 13.0 Å². The Kier molecular flexibility index (Phi) is 5.06. The summed E-state index contributed by atoms with van der Waals surface area (Å²) in [5.41, 5.74) is 5.20. The molecule has 0 spiro atoms. The van der Waals surface area contributed by atoms with Gasteiger partial charge in [0.15, 0.2) is 0 Å². The van der Waals surface area contributed by atoms with Gasteiger partial charge in [-0.25, -0.2) is 0 Å². The first-order chi connectivity index (χ1) is 10.1. The lowest BCUT2D eigenvalue weighted by Gasteiger charge is -2.11. The Labute approximate surface area is 125 Å². The summed E-state index contributed by atoms with van der Waals surface area (Å²) in [5.74, 6) is 0. The largest absolute Gasteiger partial charge is 0.312 e. The van der Waals surface area contributed by atoms with Crippen molar-refractivity contribution in [3.05, 3.63) is 74.8 Å². The van der Waals surface area contributed by atoms with E-state index in [0.717, 1.165) is 25.1 Å². The maximum atomic E-state index is 10.6. The van der Waals surface area contributed by atoms with Gasteiger partial charge in [-0.2, -0.15) is 0 Å². The van der Waals surface area contributed by atoms with Crippen molar-refractivity contribution in [3.8, 4) is 0 Å². The van der Waals surface area contributed by atoms with E-state index in [0.29, 0.717) is 0 Å². The van der Waals surface area contributed by atoms with Crippen LogP contribution in [0.5, 0.6) is 0 Å². The van der Waals surface area contributed by atoms with E-state index in [-0.39, 0.29) is 10.6 Å². The third-order valence-electron chi connectivity index (χ3n) is 3.68. The highest BCUT2D eigenvalue weighted by Gasteiger charge is 2.04. The van der Waals surface area contributed by atoms with Crippen LogP contribution in [0.25, 0.3) is 0 Å². The number of hydrogen-bond donors (Lipinski definition) is 1. The summed E-state index contributed by atoms with van der Waals surface area (Å²) in [6.45, 7) is 5.96. The van der Waals surface area contributed by atoms with Gasteiger partial charge in [0.1, 0.15) is 0 Å². The first-order valence-corrected chi connectivity index (χ1v) is 7.07. The summed E-state index contributed by atoms with van der Waals surface area (Å²) in [6, 6.07) is 13.1. The molecule has 0 aliphatic rings. The van der Waals surface area contributed by atoms with E-state index < -0.39 is 0 Å². The van der Waals surface area contributed by atoms with Crippen LogP contribution in [0.15, 0.2) is 42.5 Å². The van der Waals surface area contributed by atoms with Crippen molar-refractivity contribution in [1.29, 1.82) is 0 Å². The molecule has 0 fully saturated rings. The Hall–Kier alpha value is -2.20. The number of nitrogens with zero attached hydrogens (tertiary/aromatic N) is 1. The summed E-state index contributed by atoms with van der Waals surface area (Å²) in [5, 5.41) is 14.0. The summed E-state index contributed by atoms with van der Waals surface area (Å²) >= 11 is 0. The number of nitro benzene ring substituents is 1. The Balaban J connectivity index is 1.83. The molecule has 21 heavy (non-hydrogen) atoms. The lowest BCUT2D eigenvalue weighted by atomic mass is 10.0. The van der Waals surface area contributed by atoms with Crippen molar-refractivity contribution in [2.45, 2.75) is 26.8 Å². The molecule has 0 aromatic heterocycles. The second-order valence-corrected chi connectivity index (χ2v) is 5.22. The van der Waals surface area contributed by atoms with Crippen molar-refractivity contribution < 1.29 is 4.92 Å². The van der Waals surface area contributed by atoms with E-state index in [4.69, 9.17) is 0 Å². The highest BCUT2D eigenvalue weighted by Crippen LogP contribution is 2.13. The molecular weight excluding hydrogens is 264 g/mol. The zero-order chi connectivity index (χ0) is 15.2. The molecule has 0 aliphatic heterocycles. The maximum Gasteiger partial charge on any atom is 0.269 e. The van der Waals surface area contributed by atoms with Crippen LogP contribution in [0.2, 0.25) is 0 Å². The van der Waals surface area contributed by atoms with Gasteiger partial charge in [-0.1, -0.05) is 30.3 Å². The average molecular weight is 284 g/mol. The van der Waals surface area contributed by atoms with Crippen LogP contribution in [0.1, 0.15) is 22.3 Å². The first kappa shape index (κ1) is 15.2. The lowest BCUT2D eigenvalue weighted by molar-refractivity contribution is -0.384. The smallest absolute Gasteiger partial charge is 0.269 e. The Bertz CT molecular complexity index is 601. The molecule has 0 atom stereocenters. The van der Waals surface area contributed by atoms with Crippen LogP contribution in [-0.4, -0.2) is 11.5 Å². The minimum absolute atomic E-state index is 0.141. The standard InChI is InChI=1S/C17H20N2O2/c1-13-4-3-5-14(2)17(13)12-18-11-10-15-6-8-16(9-7-15)19(20)21/h3-9,18H,10-12H2,1-2H3. The fraction of sp³-hybridized carbons (Fsp3) is 0.294. The number of nitrogens with one attached hydrogen (secondary N) is 1. The van der Waals surface area contributed by atoms with Gasteiger partial charge in [0.2, 0.25) is 0 Å². The quantitative estimate of drug-likeness (QED) is 0.501. The van der Waals surface area contributed by atoms with Crippen molar-refractivity contribution in [2.75, 3.05) is 6.54 Å². The zero-order valence-electron chi connectivity index (χ0n) is 12.4. The van der Waals surface area contributed by atoms with E-state index in [1.165, 1.54) is 16.7 Å². The number of rotatable bonds is 6. The molecule has 0 bridgehead atoms. The van der Waals surface area contributed by atoms with E-state index in [1.54, 1.807) is 12.1 Å². The molecule has 4 nitrogen and oxygen atoms in total. The van der Waals surface area contributed by atoms with Gasteiger partial charge in [-0.15, -0.1) is 0 Å². The molecule has 0 saturated carbocycles. The number of benzene rings is 2. The molecule has 2 aromatic rings. The van der Waals surface area contributed by atoms with Gasteiger partial charge in [0, 0.05) is 18.7 Å². The first-order valence-electron chi connectivity index (χ1n) is 7.07. The molecule has 0 saturated heterocycles. The molecule has 110 valence electrons. The van der Waals surface area contributed by atoms with Gasteiger partial charge < -0.3 is 5.32 Å². The van der Waals surface area contributed by atoms with E-state index in [1.807, 2.05) is 12.1 Å².